The van der Waals surface area contributed by atoms with Crippen molar-refractivity contribution in [3.63, 3.8) is 0 Å². The molecule has 0 aromatic heterocycles. The van der Waals surface area contributed by atoms with Crippen LogP contribution in [0.15, 0.2) is 47.6 Å². The molecule has 1 atom stereocenters. The summed E-state index contributed by atoms with van der Waals surface area (Å²) in [6.45, 7) is 7.90. The standard InChI is InChI=1S/C20H26N4O2/c1-4-24(5-2)18-11-14(3)10-16(12-18)19(20(25)26)23-17-8-6-15(7-9-17)13-22-21/h6-13,19,23H,4-5,21H2,1-3H3,(H,25,26). The third kappa shape index (κ3) is 4.75. The van der Waals surface area contributed by atoms with Crippen molar-refractivity contribution in [3.8, 4) is 0 Å². The summed E-state index contributed by atoms with van der Waals surface area (Å²) in [7, 11) is 0. The van der Waals surface area contributed by atoms with Gasteiger partial charge in [0.15, 0.2) is 6.04 Å². The van der Waals surface area contributed by atoms with E-state index in [1.54, 1.807) is 0 Å². The summed E-state index contributed by atoms with van der Waals surface area (Å²) < 4.78 is 0. The molecule has 0 radical (unpaired) electrons. The molecule has 4 N–H and O–H groups in total. The highest BCUT2D eigenvalue weighted by molar-refractivity contribution is 5.82. The highest BCUT2D eigenvalue weighted by Gasteiger charge is 2.21. The van der Waals surface area contributed by atoms with E-state index in [1.807, 2.05) is 43.3 Å². The molecule has 0 saturated carbocycles. The van der Waals surface area contributed by atoms with Crippen LogP contribution >= 0.6 is 0 Å². The molecule has 0 bridgehead atoms. The first-order valence-electron chi connectivity index (χ1n) is 8.67. The lowest BCUT2D eigenvalue weighted by Crippen LogP contribution is -2.24. The Kier molecular flexibility index (Phi) is 6.60. The quantitative estimate of drug-likeness (QED) is 0.384. The van der Waals surface area contributed by atoms with Crippen molar-refractivity contribution in [1.29, 1.82) is 0 Å². The van der Waals surface area contributed by atoms with E-state index in [0.29, 0.717) is 0 Å². The number of carboxylic acids is 1. The van der Waals surface area contributed by atoms with Crippen LogP contribution in [0.3, 0.4) is 0 Å². The molecule has 0 aliphatic heterocycles. The lowest BCUT2D eigenvalue weighted by Gasteiger charge is -2.24. The zero-order chi connectivity index (χ0) is 19.1. The molecule has 0 fully saturated rings. The number of nitrogens with two attached hydrogens (primary N) is 1. The molecule has 0 amide bonds. The largest absolute Gasteiger partial charge is 0.479 e. The lowest BCUT2D eigenvalue weighted by molar-refractivity contribution is -0.138. The summed E-state index contributed by atoms with van der Waals surface area (Å²) in [5, 5.41) is 16.3. The molecule has 0 spiro atoms. The van der Waals surface area contributed by atoms with Gasteiger partial charge in [-0.25, -0.2) is 4.79 Å². The van der Waals surface area contributed by atoms with Crippen LogP contribution in [0.1, 0.15) is 36.6 Å². The van der Waals surface area contributed by atoms with E-state index in [1.165, 1.54) is 6.21 Å². The highest BCUT2D eigenvalue weighted by Crippen LogP contribution is 2.26. The molecule has 2 aromatic rings. The average Bonchev–Trinajstić information content (AvgIpc) is 2.61. The minimum atomic E-state index is -0.923. The van der Waals surface area contributed by atoms with E-state index >= 15 is 0 Å². The van der Waals surface area contributed by atoms with Gasteiger partial charge in [0.2, 0.25) is 0 Å². The molecular weight excluding hydrogens is 328 g/mol. The number of anilines is 2. The molecule has 0 heterocycles. The SMILES string of the molecule is CCN(CC)c1cc(C)cc(C(Nc2ccc(C=NN)cc2)C(=O)O)c1. The zero-order valence-corrected chi connectivity index (χ0v) is 15.4. The van der Waals surface area contributed by atoms with Crippen molar-refractivity contribution in [2.45, 2.75) is 26.8 Å². The van der Waals surface area contributed by atoms with Crippen LogP contribution in [0.25, 0.3) is 0 Å². The first-order valence-corrected chi connectivity index (χ1v) is 8.67. The number of carboxylic acid groups (broad SMARTS) is 1. The number of rotatable bonds is 8. The Morgan fingerprint density at radius 2 is 1.88 bits per heavy atom. The van der Waals surface area contributed by atoms with Gasteiger partial charge in [-0.1, -0.05) is 18.2 Å². The number of hydrazone groups is 1. The molecule has 0 aliphatic carbocycles. The van der Waals surface area contributed by atoms with E-state index in [9.17, 15) is 9.90 Å². The summed E-state index contributed by atoms with van der Waals surface area (Å²) in [5.41, 5.74) is 4.37. The van der Waals surface area contributed by atoms with Gasteiger partial charge in [-0.15, -0.1) is 0 Å². The van der Waals surface area contributed by atoms with Crippen molar-refractivity contribution in [3.05, 3.63) is 59.2 Å². The van der Waals surface area contributed by atoms with Crippen molar-refractivity contribution < 1.29 is 9.90 Å². The summed E-state index contributed by atoms with van der Waals surface area (Å²) in [4.78, 5) is 14.1. The van der Waals surface area contributed by atoms with Crippen molar-refractivity contribution in [2.24, 2.45) is 10.9 Å². The van der Waals surface area contributed by atoms with Crippen LogP contribution in [-0.2, 0) is 4.79 Å². The van der Waals surface area contributed by atoms with Gasteiger partial charge in [0.05, 0.1) is 6.21 Å². The highest BCUT2D eigenvalue weighted by atomic mass is 16.4. The summed E-state index contributed by atoms with van der Waals surface area (Å²) in [6.07, 6.45) is 1.54. The van der Waals surface area contributed by atoms with Gasteiger partial charge in [-0.2, -0.15) is 5.10 Å². The Labute approximate surface area is 154 Å². The van der Waals surface area contributed by atoms with Crippen LogP contribution < -0.4 is 16.1 Å². The number of aliphatic carboxylic acids is 1. The fourth-order valence-corrected chi connectivity index (χ4v) is 2.94. The van der Waals surface area contributed by atoms with E-state index in [2.05, 4.69) is 35.2 Å². The van der Waals surface area contributed by atoms with Crippen molar-refractivity contribution in [2.75, 3.05) is 23.3 Å². The third-order valence-corrected chi connectivity index (χ3v) is 4.24. The molecule has 1 unspecified atom stereocenters. The van der Waals surface area contributed by atoms with E-state index < -0.39 is 12.0 Å². The normalized spacial score (nSPS) is 12.1. The number of aryl methyl sites for hydroxylation is 1. The molecule has 2 aromatic carbocycles. The van der Waals surface area contributed by atoms with Crippen LogP contribution in [0.2, 0.25) is 0 Å². The number of benzene rings is 2. The molecular formula is C20H26N4O2. The molecule has 138 valence electrons. The van der Waals surface area contributed by atoms with Gasteiger partial charge >= 0.3 is 5.97 Å². The van der Waals surface area contributed by atoms with Gasteiger partial charge in [-0.3, -0.25) is 0 Å². The predicted molar refractivity (Wildman–Crippen MR) is 107 cm³/mol. The first kappa shape index (κ1) is 19.3. The van der Waals surface area contributed by atoms with E-state index in [-0.39, 0.29) is 0 Å². The van der Waals surface area contributed by atoms with Crippen LogP contribution in [0.4, 0.5) is 11.4 Å². The molecule has 6 nitrogen and oxygen atoms in total. The number of carbonyl (C=O) groups is 1. The van der Waals surface area contributed by atoms with Crippen LogP contribution in [0, 0.1) is 6.92 Å². The number of nitrogens with zero attached hydrogens (tertiary/aromatic N) is 2. The number of hydrogen-bond acceptors (Lipinski definition) is 5. The lowest BCUT2D eigenvalue weighted by atomic mass is 10.0. The Morgan fingerprint density at radius 1 is 1.23 bits per heavy atom. The third-order valence-electron chi connectivity index (χ3n) is 4.24. The summed E-state index contributed by atoms with van der Waals surface area (Å²) in [5.74, 6) is 4.22. The maximum absolute atomic E-state index is 11.9. The maximum Gasteiger partial charge on any atom is 0.330 e. The number of hydrogen-bond donors (Lipinski definition) is 3. The first-order chi connectivity index (χ1) is 12.5. The molecule has 26 heavy (non-hydrogen) atoms. The Balaban J connectivity index is 2.33. The van der Waals surface area contributed by atoms with Gasteiger partial charge in [-0.05, 0) is 61.7 Å². The van der Waals surface area contributed by atoms with Crippen LogP contribution in [-0.4, -0.2) is 30.4 Å². The second-order valence-electron chi connectivity index (χ2n) is 6.09. The smallest absolute Gasteiger partial charge is 0.330 e. The fraction of sp³-hybridized carbons (Fsp3) is 0.300. The van der Waals surface area contributed by atoms with Gasteiger partial charge in [0, 0.05) is 24.5 Å². The second-order valence-corrected chi connectivity index (χ2v) is 6.09. The molecule has 6 heteroatoms. The molecule has 0 aliphatic rings. The van der Waals surface area contributed by atoms with Gasteiger partial charge < -0.3 is 21.2 Å². The van der Waals surface area contributed by atoms with Crippen LogP contribution in [0.5, 0.6) is 0 Å². The van der Waals surface area contributed by atoms with Crippen molar-refractivity contribution in [1.82, 2.24) is 0 Å². The summed E-state index contributed by atoms with van der Waals surface area (Å²) >= 11 is 0. The fourth-order valence-electron chi connectivity index (χ4n) is 2.94. The van der Waals surface area contributed by atoms with E-state index in [0.717, 1.165) is 41.2 Å². The maximum atomic E-state index is 11.9. The van der Waals surface area contributed by atoms with Gasteiger partial charge in [0.25, 0.3) is 0 Å². The minimum absolute atomic E-state index is 0.720. The zero-order valence-electron chi connectivity index (χ0n) is 15.4. The molecule has 2 rings (SSSR count). The van der Waals surface area contributed by atoms with E-state index in [4.69, 9.17) is 5.84 Å². The average molecular weight is 354 g/mol. The Morgan fingerprint density at radius 3 is 2.42 bits per heavy atom. The Hall–Kier alpha value is -3.02. The predicted octanol–water partition coefficient (Wildman–Crippen LogP) is 3.37. The summed E-state index contributed by atoms with van der Waals surface area (Å²) in [6, 6.07) is 12.4. The Bertz CT molecular complexity index is 768. The monoisotopic (exact) mass is 354 g/mol. The minimum Gasteiger partial charge on any atom is -0.479 e. The molecule has 0 saturated heterocycles. The number of nitrogens with one attached hydrogen (secondary N) is 1. The van der Waals surface area contributed by atoms with Crippen molar-refractivity contribution >= 4 is 23.6 Å². The second kappa shape index (κ2) is 8.89. The topological polar surface area (TPSA) is 91.0 Å². The van der Waals surface area contributed by atoms with Gasteiger partial charge in [0.1, 0.15) is 0 Å².